The number of alkyl halides is 3. The lowest BCUT2D eigenvalue weighted by molar-refractivity contribution is -0.179. The normalized spacial score (nSPS) is 19.2. The fraction of sp³-hybridized carbons (Fsp3) is 0.571. The highest BCUT2D eigenvalue weighted by atomic mass is 35.5. The first-order valence-electron chi connectivity index (χ1n) is 6.58. The lowest BCUT2D eigenvalue weighted by Gasteiger charge is -2.35. The SMILES string of the molecule is C[C@H](O)c1ccc(N2CCC(C(F)(F)F)CC2)c(Cl)c1. The Balaban J connectivity index is 2.07. The topological polar surface area (TPSA) is 23.5 Å². The second-order valence-electron chi connectivity index (χ2n) is 5.19. The van der Waals surface area contributed by atoms with Crippen molar-refractivity contribution in [1.82, 2.24) is 0 Å². The van der Waals surface area contributed by atoms with Crippen LogP contribution in [0.1, 0.15) is 31.4 Å². The van der Waals surface area contributed by atoms with Crippen molar-refractivity contribution in [3.63, 3.8) is 0 Å². The number of halogens is 4. The number of hydrogen-bond donors (Lipinski definition) is 1. The van der Waals surface area contributed by atoms with Gasteiger partial charge in [-0.05, 0) is 37.5 Å². The van der Waals surface area contributed by atoms with Crippen LogP contribution in [0.4, 0.5) is 18.9 Å². The van der Waals surface area contributed by atoms with Gasteiger partial charge in [-0.1, -0.05) is 17.7 Å². The van der Waals surface area contributed by atoms with Gasteiger partial charge in [-0.25, -0.2) is 0 Å². The van der Waals surface area contributed by atoms with Crippen LogP contribution in [0.5, 0.6) is 0 Å². The van der Waals surface area contributed by atoms with E-state index in [1.807, 2.05) is 4.90 Å². The molecule has 0 bridgehead atoms. The Morgan fingerprint density at radius 3 is 2.35 bits per heavy atom. The third-order valence-corrected chi connectivity index (χ3v) is 4.06. The zero-order valence-electron chi connectivity index (χ0n) is 11.1. The number of aliphatic hydroxyl groups is 1. The maximum atomic E-state index is 12.6. The van der Waals surface area contributed by atoms with Crippen LogP contribution in [-0.4, -0.2) is 24.4 Å². The van der Waals surface area contributed by atoms with Crippen LogP contribution in [0, 0.1) is 5.92 Å². The number of benzene rings is 1. The van der Waals surface area contributed by atoms with E-state index in [-0.39, 0.29) is 12.8 Å². The van der Waals surface area contributed by atoms with Crippen molar-refractivity contribution in [3.05, 3.63) is 28.8 Å². The minimum atomic E-state index is -4.11. The molecular formula is C14H17ClF3NO. The molecule has 1 aromatic rings. The Morgan fingerprint density at radius 2 is 1.90 bits per heavy atom. The number of rotatable bonds is 2. The molecule has 0 aliphatic carbocycles. The van der Waals surface area contributed by atoms with E-state index in [9.17, 15) is 18.3 Å². The lowest BCUT2D eigenvalue weighted by Crippen LogP contribution is -2.39. The van der Waals surface area contributed by atoms with Gasteiger partial charge in [0.2, 0.25) is 0 Å². The maximum Gasteiger partial charge on any atom is 0.391 e. The second kappa shape index (κ2) is 5.82. The van der Waals surface area contributed by atoms with E-state index >= 15 is 0 Å². The van der Waals surface area contributed by atoms with E-state index in [1.54, 1.807) is 25.1 Å². The summed E-state index contributed by atoms with van der Waals surface area (Å²) >= 11 is 6.16. The summed E-state index contributed by atoms with van der Waals surface area (Å²) in [5.41, 5.74) is 1.43. The Labute approximate surface area is 121 Å². The van der Waals surface area contributed by atoms with E-state index in [0.717, 1.165) is 5.69 Å². The molecular weight excluding hydrogens is 291 g/mol. The van der Waals surface area contributed by atoms with Gasteiger partial charge in [0.1, 0.15) is 0 Å². The van der Waals surface area contributed by atoms with Crippen LogP contribution >= 0.6 is 11.6 Å². The summed E-state index contributed by atoms with van der Waals surface area (Å²) in [4.78, 5) is 1.87. The third kappa shape index (κ3) is 3.38. The van der Waals surface area contributed by atoms with Crippen LogP contribution in [0.15, 0.2) is 18.2 Å². The Hall–Kier alpha value is -0.940. The number of anilines is 1. The molecule has 0 spiro atoms. The highest BCUT2D eigenvalue weighted by Gasteiger charge is 2.41. The molecule has 0 saturated carbocycles. The average molecular weight is 308 g/mol. The Morgan fingerprint density at radius 1 is 1.30 bits per heavy atom. The van der Waals surface area contributed by atoms with Crippen molar-refractivity contribution in [2.45, 2.75) is 32.0 Å². The molecule has 1 N–H and O–H groups in total. The van der Waals surface area contributed by atoms with Gasteiger partial charge in [0.05, 0.1) is 22.7 Å². The number of hydrogen-bond acceptors (Lipinski definition) is 2. The summed E-state index contributed by atoms with van der Waals surface area (Å²) in [6.07, 6.45) is -4.53. The van der Waals surface area contributed by atoms with Crippen molar-refractivity contribution in [2.75, 3.05) is 18.0 Å². The molecule has 2 rings (SSSR count). The monoisotopic (exact) mass is 307 g/mol. The van der Waals surface area contributed by atoms with Gasteiger partial charge >= 0.3 is 6.18 Å². The van der Waals surface area contributed by atoms with Gasteiger partial charge in [-0.15, -0.1) is 0 Å². The van der Waals surface area contributed by atoms with E-state index < -0.39 is 18.2 Å². The summed E-state index contributed by atoms with van der Waals surface area (Å²) in [6.45, 7) is 2.33. The van der Waals surface area contributed by atoms with E-state index in [0.29, 0.717) is 23.7 Å². The van der Waals surface area contributed by atoms with Gasteiger partial charge in [-0.3, -0.25) is 0 Å². The van der Waals surface area contributed by atoms with Gasteiger partial charge < -0.3 is 10.0 Å². The predicted molar refractivity (Wildman–Crippen MR) is 73.1 cm³/mol. The molecule has 6 heteroatoms. The minimum absolute atomic E-state index is 0.0952. The molecule has 1 aromatic carbocycles. The Bertz CT molecular complexity index is 468. The quantitative estimate of drug-likeness (QED) is 0.886. The van der Waals surface area contributed by atoms with E-state index in [1.165, 1.54) is 0 Å². The molecule has 1 saturated heterocycles. The molecule has 1 atom stereocenters. The highest BCUT2D eigenvalue weighted by molar-refractivity contribution is 6.33. The van der Waals surface area contributed by atoms with Crippen molar-refractivity contribution >= 4 is 17.3 Å². The van der Waals surface area contributed by atoms with Gasteiger partial charge in [0, 0.05) is 13.1 Å². The summed E-state index contributed by atoms with van der Waals surface area (Å²) in [7, 11) is 0. The van der Waals surface area contributed by atoms with Crippen molar-refractivity contribution in [1.29, 1.82) is 0 Å². The van der Waals surface area contributed by atoms with Gasteiger partial charge in [-0.2, -0.15) is 13.2 Å². The largest absolute Gasteiger partial charge is 0.391 e. The fourth-order valence-corrected chi connectivity index (χ4v) is 2.80. The number of piperidine rings is 1. The zero-order chi connectivity index (χ0) is 14.9. The third-order valence-electron chi connectivity index (χ3n) is 3.75. The van der Waals surface area contributed by atoms with Crippen LogP contribution < -0.4 is 4.90 Å². The summed E-state index contributed by atoms with van der Waals surface area (Å²) in [6, 6.07) is 5.18. The van der Waals surface area contributed by atoms with Gasteiger partial charge in [0.25, 0.3) is 0 Å². The van der Waals surface area contributed by atoms with E-state index in [4.69, 9.17) is 11.6 Å². The molecule has 1 aliphatic rings. The molecule has 0 aromatic heterocycles. The standard InChI is InChI=1S/C14H17ClF3NO/c1-9(20)10-2-3-13(12(15)8-10)19-6-4-11(5-7-19)14(16,17)18/h2-3,8-9,11,20H,4-7H2,1H3/t9-/m0/s1. The molecule has 1 aliphatic heterocycles. The summed E-state index contributed by atoms with van der Waals surface area (Å²) in [5.74, 6) is -1.21. The first-order valence-corrected chi connectivity index (χ1v) is 6.96. The van der Waals surface area contributed by atoms with Crippen LogP contribution in [0.25, 0.3) is 0 Å². The predicted octanol–water partition coefficient (Wildman–Crippen LogP) is 4.17. The first-order chi connectivity index (χ1) is 9.29. The summed E-state index contributed by atoms with van der Waals surface area (Å²) < 4.78 is 37.9. The molecule has 2 nitrogen and oxygen atoms in total. The number of aliphatic hydroxyl groups excluding tert-OH is 1. The molecule has 1 fully saturated rings. The van der Waals surface area contributed by atoms with Crippen molar-refractivity contribution in [2.24, 2.45) is 5.92 Å². The minimum Gasteiger partial charge on any atom is -0.389 e. The van der Waals surface area contributed by atoms with E-state index in [2.05, 4.69) is 0 Å². The van der Waals surface area contributed by atoms with Crippen LogP contribution in [-0.2, 0) is 0 Å². The molecule has 1 heterocycles. The van der Waals surface area contributed by atoms with Crippen LogP contribution in [0.3, 0.4) is 0 Å². The first kappa shape index (κ1) is 15.4. The highest BCUT2D eigenvalue weighted by Crippen LogP contribution is 2.37. The summed E-state index contributed by atoms with van der Waals surface area (Å²) in [5, 5.41) is 9.94. The molecule has 0 unspecified atom stereocenters. The van der Waals surface area contributed by atoms with Crippen molar-refractivity contribution < 1.29 is 18.3 Å². The maximum absolute atomic E-state index is 12.6. The fourth-order valence-electron chi connectivity index (χ4n) is 2.49. The van der Waals surface area contributed by atoms with Crippen LogP contribution in [0.2, 0.25) is 5.02 Å². The molecule has 20 heavy (non-hydrogen) atoms. The number of nitrogens with zero attached hydrogens (tertiary/aromatic N) is 1. The molecule has 0 amide bonds. The zero-order valence-corrected chi connectivity index (χ0v) is 11.9. The average Bonchev–Trinajstić information content (AvgIpc) is 2.37. The molecule has 0 radical (unpaired) electrons. The second-order valence-corrected chi connectivity index (χ2v) is 5.60. The van der Waals surface area contributed by atoms with Crippen molar-refractivity contribution in [3.8, 4) is 0 Å². The molecule has 112 valence electrons. The lowest BCUT2D eigenvalue weighted by atomic mass is 9.96. The van der Waals surface area contributed by atoms with Gasteiger partial charge in [0.15, 0.2) is 0 Å². The smallest absolute Gasteiger partial charge is 0.389 e. The Kier molecular flexibility index (Phi) is 4.49.